The van der Waals surface area contributed by atoms with Crippen LogP contribution in [-0.2, 0) is 6.42 Å². The Labute approximate surface area is 132 Å². The van der Waals surface area contributed by atoms with Gasteiger partial charge in [0.1, 0.15) is 5.75 Å². The first-order chi connectivity index (χ1) is 10.3. The van der Waals surface area contributed by atoms with Gasteiger partial charge in [0.05, 0.1) is 12.6 Å². The summed E-state index contributed by atoms with van der Waals surface area (Å²) in [6.45, 7) is 8.22. The summed E-state index contributed by atoms with van der Waals surface area (Å²) in [5, 5.41) is 3.58. The number of rotatable bonds is 8. The molecular formula is C18H25NOS. The first kappa shape index (κ1) is 16.1. The van der Waals surface area contributed by atoms with Crippen molar-refractivity contribution in [2.24, 2.45) is 0 Å². The van der Waals surface area contributed by atoms with E-state index in [1.54, 1.807) is 0 Å². The summed E-state index contributed by atoms with van der Waals surface area (Å²) in [6, 6.07) is 13.3. The van der Waals surface area contributed by atoms with Crippen LogP contribution in [0.5, 0.6) is 5.75 Å². The van der Waals surface area contributed by atoms with Crippen LogP contribution in [0.1, 0.15) is 48.6 Å². The van der Waals surface area contributed by atoms with Gasteiger partial charge in [-0.3, -0.25) is 0 Å². The Hall–Kier alpha value is -1.32. The number of hydrogen-bond donors (Lipinski definition) is 1. The molecule has 1 atom stereocenters. The third-order valence-corrected chi connectivity index (χ3v) is 4.70. The highest BCUT2D eigenvalue weighted by molar-refractivity contribution is 7.12. The van der Waals surface area contributed by atoms with Crippen LogP contribution in [0, 0.1) is 0 Å². The summed E-state index contributed by atoms with van der Waals surface area (Å²) in [6.07, 6.45) is 2.14. The van der Waals surface area contributed by atoms with Gasteiger partial charge in [-0.15, -0.1) is 11.3 Å². The maximum Gasteiger partial charge on any atom is 0.119 e. The van der Waals surface area contributed by atoms with Crippen molar-refractivity contribution in [2.75, 3.05) is 13.2 Å². The minimum Gasteiger partial charge on any atom is -0.494 e. The van der Waals surface area contributed by atoms with Gasteiger partial charge in [-0.05, 0) is 49.2 Å². The van der Waals surface area contributed by atoms with Crippen LogP contribution in [0.25, 0.3) is 0 Å². The Kier molecular flexibility index (Phi) is 6.27. The summed E-state index contributed by atoms with van der Waals surface area (Å²) in [5.41, 5.74) is 1.30. The van der Waals surface area contributed by atoms with Crippen molar-refractivity contribution in [3.05, 3.63) is 51.7 Å². The van der Waals surface area contributed by atoms with Crippen LogP contribution < -0.4 is 10.1 Å². The zero-order valence-corrected chi connectivity index (χ0v) is 14.0. The minimum absolute atomic E-state index is 0.278. The van der Waals surface area contributed by atoms with E-state index in [0.717, 1.165) is 31.7 Å². The molecule has 3 heteroatoms. The SMILES string of the molecule is CCCOc1ccc(C(NCC)c2ccc(CC)s2)cc1. The van der Waals surface area contributed by atoms with Gasteiger partial charge in [0.15, 0.2) is 0 Å². The van der Waals surface area contributed by atoms with Crippen LogP contribution in [0.15, 0.2) is 36.4 Å². The van der Waals surface area contributed by atoms with Crippen molar-refractivity contribution in [1.82, 2.24) is 5.32 Å². The lowest BCUT2D eigenvalue weighted by Gasteiger charge is -2.17. The highest BCUT2D eigenvalue weighted by Crippen LogP contribution is 2.29. The highest BCUT2D eigenvalue weighted by atomic mass is 32.1. The van der Waals surface area contributed by atoms with Crippen molar-refractivity contribution in [3.63, 3.8) is 0 Å². The highest BCUT2D eigenvalue weighted by Gasteiger charge is 2.15. The van der Waals surface area contributed by atoms with Gasteiger partial charge in [0.25, 0.3) is 0 Å². The Morgan fingerprint density at radius 1 is 1.05 bits per heavy atom. The molecule has 1 aromatic carbocycles. The van der Waals surface area contributed by atoms with E-state index in [9.17, 15) is 0 Å². The second-order valence-corrected chi connectivity index (χ2v) is 6.27. The molecular weight excluding hydrogens is 278 g/mol. The molecule has 0 spiro atoms. The predicted octanol–water partition coefficient (Wildman–Crippen LogP) is 4.80. The fourth-order valence-electron chi connectivity index (χ4n) is 2.30. The number of nitrogens with one attached hydrogen (secondary N) is 1. The van der Waals surface area contributed by atoms with Gasteiger partial charge in [-0.1, -0.05) is 32.9 Å². The zero-order chi connectivity index (χ0) is 15.1. The molecule has 1 N–H and O–H groups in total. The lowest BCUT2D eigenvalue weighted by Crippen LogP contribution is -2.20. The summed E-state index contributed by atoms with van der Waals surface area (Å²) in [5.74, 6) is 0.955. The maximum absolute atomic E-state index is 5.66. The molecule has 21 heavy (non-hydrogen) atoms. The molecule has 114 valence electrons. The standard InChI is InChI=1S/C18H25NOS/c1-4-13-20-15-9-7-14(8-10-15)18(19-6-3)17-12-11-16(5-2)21-17/h7-12,18-19H,4-6,13H2,1-3H3. The third kappa shape index (κ3) is 4.32. The average molecular weight is 303 g/mol. The van der Waals surface area contributed by atoms with Crippen molar-refractivity contribution < 1.29 is 4.74 Å². The summed E-state index contributed by atoms with van der Waals surface area (Å²) in [4.78, 5) is 2.83. The zero-order valence-electron chi connectivity index (χ0n) is 13.2. The molecule has 1 unspecified atom stereocenters. The molecule has 2 aromatic rings. The smallest absolute Gasteiger partial charge is 0.119 e. The van der Waals surface area contributed by atoms with Crippen LogP contribution in [0.3, 0.4) is 0 Å². The van der Waals surface area contributed by atoms with Crippen LogP contribution in [0.2, 0.25) is 0 Å². The van der Waals surface area contributed by atoms with Gasteiger partial charge >= 0.3 is 0 Å². The number of aryl methyl sites for hydroxylation is 1. The van der Waals surface area contributed by atoms with E-state index in [-0.39, 0.29) is 6.04 Å². The molecule has 0 radical (unpaired) electrons. The van der Waals surface area contributed by atoms with Crippen LogP contribution >= 0.6 is 11.3 Å². The Bertz CT molecular complexity index is 532. The molecule has 0 aliphatic carbocycles. The molecule has 0 amide bonds. The van der Waals surface area contributed by atoms with Gasteiger partial charge in [-0.25, -0.2) is 0 Å². The quantitative estimate of drug-likeness (QED) is 0.756. The molecule has 2 rings (SSSR count). The molecule has 1 heterocycles. The second-order valence-electron chi connectivity index (χ2n) is 5.07. The van der Waals surface area contributed by atoms with Gasteiger partial charge in [0, 0.05) is 9.75 Å². The number of ether oxygens (including phenoxy) is 1. The number of benzene rings is 1. The monoisotopic (exact) mass is 303 g/mol. The summed E-state index contributed by atoms with van der Waals surface area (Å²) >= 11 is 1.90. The number of thiophene rings is 1. The van der Waals surface area contributed by atoms with E-state index in [1.165, 1.54) is 15.3 Å². The average Bonchev–Trinajstić information content (AvgIpc) is 3.00. The third-order valence-electron chi connectivity index (χ3n) is 3.41. The normalized spacial score (nSPS) is 12.3. The molecule has 0 aliphatic rings. The largest absolute Gasteiger partial charge is 0.494 e. The van der Waals surface area contributed by atoms with Crippen LogP contribution in [-0.4, -0.2) is 13.2 Å². The molecule has 0 fully saturated rings. The maximum atomic E-state index is 5.66. The van der Waals surface area contributed by atoms with E-state index < -0.39 is 0 Å². The van der Waals surface area contributed by atoms with Crippen molar-refractivity contribution >= 4 is 11.3 Å². The van der Waals surface area contributed by atoms with E-state index in [2.05, 4.69) is 62.5 Å². The van der Waals surface area contributed by atoms with E-state index in [0.29, 0.717) is 0 Å². The molecule has 1 aromatic heterocycles. The molecule has 0 bridgehead atoms. The Balaban J connectivity index is 2.17. The summed E-state index contributed by atoms with van der Waals surface area (Å²) in [7, 11) is 0. The van der Waals surface area contributed by atoms with Gasteiger partial charge < -0.3 is 10.1 Å². The first-order valence-electron chi connectivity index (χ1n) is 7.83. The number of hydrogen-bond acceptors (Lipinski definition) is 3. The fraction of sp³-hybridized carbons (Fsp3) is 0.444. The minimum atomic E-state index is 0.278. The molecule has 0 saturated carbocycles. The van der Waals surface area contributed by atoms with E-state index in [1.807, 2.05) is 11.3 Å². The van der Waals surface area contributed by atoms with Crippen molar-refractivity contribution in [3.8, 4) is 5.75 Å². The lowest BCUT2D eigenvalue weighted by molar-refractivity contribution is 0.317. The van der Waals surface area contributed by atoms with Crippen molar-refractivity contribution in [1.29, 1.82) is 0 Å². The van der Waals surface area contributed by atoms with E-state index in [4.69, 9.17) is 4.74 Å². The molecule has 0 aliphatic heterocycles. The Morgan fingerprint density at radius 3 is 2.38 bits per heavy atom. The van der Waals surface area contributed by atoms with Gasteiger partial charge in [-0.2, -0.15) is 0 Å². The topological polar surface area (TPSA) is 21.3 Å². The van der Waals surface area contributed by atoms with E-state index >= 15 is 0 Å². The summed E-state index contributed by atoms with van der Waals surface area (Å²) < 4.78 is 5.66. The van der Waals surface area contributed by atoms with Crippen LogP contribution in [0.4, 0.5) is 0 Å². The predicted molar refractivity (Wildman–Crippen MR) is 91.4 cm³/mol. The lowest BCUT2D eigenvalue weighted by atomic mass is 10.1. The second kappa shape index (κ2) is 8.20. The van der Waals surface area contributed by atoms with Gasteiger partial charge in [0.2, 0.25) is 0 Å². The molecule has 0 saturated heterocycles. The Morgan fingerprint density at radius 2 is 1.81 bits per heavy atom. The first-order valence-corrected chi connectivity index (χ1v) is 8.64. The molecule has 2 nitrogen and oxygen atoms in total. The van der Waals surface area contributed by atoms with Crippen molar-refractivity contribution in [2.45, 2.75) is 39.7 Å². The fourth-order valence-corrected chi connectivity index (χ4v) is 3.36.